The first-order chi connectivity index (χ1) is 11.0. The monoisotopic (exact) mass is 339 g/mol. The lowest BCUT2D eigenvalue weighted by Gasteiger charge is -2.20. The van der Waals surface area contributed by atoms with E-state index in [2.05, 4.69) is 59.0 Å². The normalized spacial score (nSPS) is 10.6. The van der Waals surface area contributed by atoms with Gasteiger partial charge in [-0.15, -0.1) is 0 Å². The van der Waals surface area contributed by atoms with Crippen LogP contribution >= 0.6 is 0 Å². The Morgan fingerprint density at radius 2 is 1.54 bits per heavy atom. The van der Waals surface area contributed by atoms with Crippen molar-refractivity contribution in [2.45, 2.75) is 53.5 Å². The highest BCUT2D eigenvalue weighted by Crippen LogP contribution is 2.25. The molecule has 0 aromatic heterocycles. The van der Waals surface area contributed by atoms with Gasteiger partial charge in [-0.25, -0.2) is 9.59 Å². The maximum absolute atomic E-state index is 9.10. The smallest absolute Gasteiger partial charge is 0.414 e. The zero-order valence-electron chi connectivity index (χ0n) is 15.4. The van der Waals surface area contributed by atoms with Crippen molar-refractivity contribution in [2.75, 3.05) is 13.2 Å². The third-order valence-electron chi connectivity index (χ3n) is 3.28. The standard InChI is InChI=1S/C16H27NO.C2H2O4/c1-12-8-9-13(2)15(14(12)3)18-11-7-10-17-16(4,5)6;3-1(4)2(5)6/h8-9,17H,7,10-11H2,1-6H3;(H,3,4)(H,5,6). The lowest BCUT2D eigenvalue weighted by Crippen LogP contribution is -2.36. The Bertz CT molecular complexity index is 549. The number of rotatable bonds is 5. The molecule has 0 radical (unpaired) electrons. The van der Waals surface area contributed by atoms with Crippen molar-refractivity contribution in [3.8, 4) is 5.75 Å². The zero-order valence-corrected chi connectivity index (χ0v) is 15.4. The predicted molar refractivity (Wildman–Crippen MR) is 93.8 cm³/mol. The summed E-state index contributed by atoms with van der Waals surface area (Å²) >= 11 is 0. The molecule has 1 rings (SSSR count). The van der Waals surface area contributed by atoms with Crippen LogP contribution in [0.5, 0.6) is 5.75 Å². The van der Waals surface area contributed by atoms with Crippen molar-refractivity contribution < 1.29 is 24.5 Å². The van der Waals surface area contributed by atoms with Crippen LogP contribution in [0.2, 0.25) is 0 Å². The minimum absolute atomic E-state index is 0.190. The van der Waals surface area contributed by atoms with Gasteiger partial charge < -0.3 is 20.3 Å². The average Bonchev–Trinajstić information content (AvgIpc) is 2.45. The first-order valence-corrected chi connectivity index (χ1v) is 7.86. The summed E-state index contributed by atoms with van der Waals surface area (Å²) in [5.74, 6) is -2.59. The van der Waals surface area contributed by atoms with Gasteiger partial charge in [-0.05, 0) is 71.2 Å². The minimum atomic E-state index is -1.82. The summed E-state index contributed by atoms with van der Waals surface area (Å²) in [6.45, 7) is 14.7. The van der Waals surface area contributed by atoms with Crippen LogP contribution in [-0.4, -0.2) is 40.8 Å². The van der Waals surface area contributed by atoms with Crippen LogP contribution in [0.3, 0.4) is 0 Å². The van der Waals surface area contributed by atoms with E-state index in [1.54, 1.807) is 0 Å². The van der Waals surface area contributed by atoms with E-state index in [1.165, 1.54) is 16.7 Å². The molecule has 0 amide bonds. The highest BCUT2D eigenvalue weighted by molar-refractivity contribution is 6.27. The van der Waals surface area contributed by atoms with Crippen LogP contribution in [0.1, 0.15) is 43.9 Å². The molecule has 3 N–H and O–H groups in total. The van der Waals surface area contributed by atoms with Crippen LogP contribution in [-0.2, 0) is 9.59 Å². The SMILES string of the molecule is Cc1ccc(C)c(OCCCNC(C)(C)C)c1C.O=C(O)C(=O)O. The van der Waals surface area contributed by atoms with Gasteiger partial charge in [-0.1, -0.05) is 12.1 Å². The lowest BCUT2D eigenvalue weighted by atomic mass is 10.1. The summed E-state index contributed by atoms with van der Waals surface area (Å²) in [5.41, 5.74) is 3.97. The van der Waals surface area contributed by atoms with Crippen molar-refractivity contribution in [1.29, 1.82) is 0 Å². The number of hydrogen-bond donors (Lipinski definition) is 3. The molecule has 0 saturated carbocycles. The molecule has 0 spiro atoms. The van der Waals surface area contributed by atoms with E-state index in [0.717, 1.165) is 25.3 Å². The van der Waals surface area contributed by atoms with Crippen LogP contribution in [0.15, 0.2) is 12.1 Å². The third-order valence-corrected chi connectivity index (χ3v) is 3.28. The summed E-state index contributed by atoms with van der Waals surface area (Å²) in [4.78, 5) is 18.2. The molecule has 0 bridgehead atoms. The molecule has 0 aliphatic rings. The van der Waals surface area contributed by atoms with Crippen LogP contribution in [0.4, 0.5) is 0 Å². The first kappa shape index (κ1) is 21.9. The van der Waals surface area contributed by atoms with E-state index in [-0.39, 0.29) is 5.54 Å². The summed E-state index contributed by atoms with van der Waals surface area (Å²) in [6.07, 6.45) is 1.03. The zero-order chi connectivity index (χ0) is 18.9. The number of hydrogen-bond acceptors (Lipinski definition) is 4. The molecule has 6 nitrogen and oxygen atoms in total. The van der Waals surface area contributed by atoms with Gasteiger partial charge in [0.25, 0.3) is 0 Å². The topological polar surface area (TPSA) is 95.9 Å². The fraction of sp³-hybridized carbons (Fsp3) is 0.556. The van der Waals surface area contributed by atoms with Gasteiger partial charge in [0, 0.05) is 5.54 Å². The van der Waals surface area contributed by atoms with E-state index in [4.69, 9.17) is 24.5 Å². The second kappa shape index (κ2) is 9.93. The number of ether oxygens (including phenoxy) is 1. The molecule has 24 heavy (non-hydrogen) atoms. The van der Waals surface area contributed by atoms with Gasteiger partial charge in [0.05, 0.1) is 6.61 Å². The van der Waals surface area contributed by atoms with Crippen molar-refractivity contribution in [3.05, 3.63) is 28.8 Å². The van der Waals surface area contributed by atoms with Crippen LogP contribution in [0.25, 0.3) is 0 Å². The van der Waals surface area contributed by atoms with Crippen molar-refractivity contribution in [3.63, 3.8) is 0 Å². The maximum atomic E-state index is 9.10. The molecular formula is C18H29NO5. The van der Waals surface area contributed by atoms with E-state index in [1.807, 2.05) is 0 Å². The number of aliphatic carboxylic acids is 2. The number of benzene rings is 1. The summed E-state index contributed by atoms with van der Waals surface area (Å²) in [7, 11) is 0. The lowest BCUT2D eigenvalue weighted by molar-refractivity contribution is -0.159. The van der Waals surface area contributed by atoms with Crippen LogP contribution in [0, 0.1) is 20.8 Å². The number of carboxylic acid groups (broad SMARTS) is 2. The fourth-order valence-corrected chi connectivity index (χ4v) is 1.86. The van der Waals surface area contributed by atoms with Crippen molar-refractivity contribution >= 4 is 11.9 Å². The first-order valence-electron chi connectivity index (χ1n) is 7.86. The van der Waals surface area contributed by atoms with Crippen molar-refractivity contribution in [1.82, 2.24) is 5.32 Å². The van der Waals surface area contributed by atoms with Gasteiger partial charge in [0.1, 0.15) is 5.75 Å². The predicted octanol–water partition coefficient (Wildman–Crippen LogP) is 2.92. The number of aryl methyl sites for hydroxylation is 2. The largest absolute Gasteiger partial charge is 0.493 e. The molecular weight excluding hydrogens is 310 g/mol. The molecule has 0 unspecified atom stereocenters. The maximum Gasteiger partial charge on any atom is 0.414 e. The molecule has 6 heteroatoms. The van der Waals surface area contributed by atoms with E-state index in [0.29, 0.717) is 0 Å². The molecule has 0 fully saturated rings. The molecule has 0 aliphatic heterocycles. The van der Waals surface area contributed by atoms with E-state index < -0.39 is 11.9 Å². The second-order valence-corrected chi connectivity index (χ2v) is 6.64. The second-order valence-electron chi connectivity index (χ2n) is 6.64. The Morgan fingerprint density at radius 3 is 2.00 bits per heavy atom. The Kier molecular flexibility index (Phi) is 9.07. The van der Waals surface area contributed by atoms with Gasteiger partial charge in [0.15, 0.2) is 0 Å². The Morgan fingerprint density at radius 1 is 1.04 bits per heavy atom. The van der Waals surface area contributed by atoms with E-state index in [9.17, 15) is 0 Å². The highest BCUT2D eigenvalue weighted by Gasteiger charge is 2.08. The summed E-state index contributed by atoms with van der Waals surface area (Å²) in [5, 5.41) is 18.3. The van der Waals surface area contributed by atoms with Gasteiger partial charge >= 0.3 is 11.9 Å². The highest BCUT2D eigenvalue weighted by atomic mass is 16.5. The molecule has 0 aliphatic carbocycles. The molecule has 0 atom stereocenters. The third kappa shape index (κ3) is 9.15. The molecule has 0 heterocycles. The summed E-state index contributed by atoms with van der Waals surface area (Å²) < 4.78 is 5.92. The van der Waals surface area contributed by atoms with Gasteiger partial charge in [-0.2, -0.15) is 0 Å². The Hall–Kier alpha value is -2.08. The average molecular weight is 339 g/mol. The quantitative estimate of drug-likeness (QED) is 0.564. The molecule has 136 valence electrons. The summed E-state index contributed by atoms with van der Waals surface area (Å²) in [6, 6.07) is 4.28. The minimum Gasteiger partial charge on any atom is -0.493 e. The van der Waals surface area contributed by atoms with E-state index >= 15 is 0 Å². The fourth-order valence-electron chi connectivity index (χ4n) is 1.86. The van der Waals surface area contributed by atoms with Gasteiger partial charge in [0.2, 0.25) is 0 Å². The number of carbonyl (C=O) groups is 2. The van der Waals surface area contributed by atoms with Crippen molar-refractivity contribution in [2.24, 2.45) is 0 Å². The molecule has 0 saturated heterocycles. The molecule has 1 aromatic rings. The Balaban J connectivity index is 0.000000754. The Labute approximate surface area is 143 Å². The molecule has 1 aromatic carbocycles. The van der Waals surface area contributed by atoms with Crippen LogP contribution < -0.4 is 10.1 Å². The number of nitrogens with one attached hydrogen (secondary N) is 1. The van der Waals surface area contributed by atoms with Gasteiger partial charge in [-0.3, -0.25) is 0 Å². The number of carboxylic acids is 2.